The first-order valence-electron chi connectivity index (χ1n) is 17.7. The van der Waals surface area contributed by atoms with Crippen molar-refractivity contribution in [1.29, 1.82) is 0 Å². The van der Waals surface area contributed by atoms with Crippen LogP contribution in [0.15, 0.2) is 47.1 Å². The van der Waals surface area contributed by atoms with Gasteiger partial charge in [0.05, 0.1) is 11.7 Å². The van der Waals surface area contributed by atoms with Crippen LogP contribution in [0.1, 0.15) is 103 Å². The molecule has 1 aromatic carbocycles. The van der Waals surface area contributed by atoms with E-state index in [1.807, 2.05) is 25.1 Å². The number of nitrogens with one attached hydrogen (secondary N) is 2. The Balaban J connectivity index is 0.00000600. The zero-order valence-electron chi connectivity index (χ0n) is 28.8. The number of aliphatic imine (C=N–C) groups is 1. The zero-order chi connectivity index (χ0) is 33.1. The molecule has 0 radical (unpaired) electrons. The molecule has 0 aromatic heterocycles. The van der Waals surface area contributed by atoms with E-state index in [2.05, 4.69) is 40.4 Å². The zero-order valence-corrected chi connectivity index (χ0v) is 30.4. The Morgan fingerprint density at radius 1 is 1.06 bits per heavy atom. The second-order valence-electron chi connectivity index (χ2n) is 13.1. The summed E-state index contributed by atoms with van der Waals surface area (Å²) >= 11 is 6.29. The molecule has 3 unspecified atom stereocenters. The second kappa shape index (κ2) is 19.7. The first kappa shape index (κ1) is 39.2. The van der Waals surface area contributed by atoms with Crippen molar-refractivity contribution in [1.82, 2.24) is 20.4 Å². The van der Waals surface area contributed by atoms with Gasteiger partial charge in [0, 0.05) is 30.4 Å². The highest BCUT2D eigenvalue weighted by molar-refractivity contribution is 6.30. The first-order chi connectivity index (χ1) is 22.3. The fourth-order valence-electron chi connectivity index (χ4n) is 7.31. The van der Waals surface area contributed by atoms with E-state index in [0.717, 1.165) is 113 Å². The Hall–Kier alpha value is -2.26. The molecule has 0 bridgehead atoms. The molecule has 2 N–H and O–H groups in total. The summed E-state index contributed by atoms with van der Waals surface area (Å²) < 4.78 is 13.9. The van der Waals surface area contributed by atoms with E-state index in [9.17, 15) is 14.0 Å². The number of amides is 2. The third kappa shape index (κ3) is 10.4. The maximum Gasteiger partial charge on any atom is 0.253 e. The summed E-state index contributed by atoms with van der Waals surface area (Å²) in [6.07, 6.45) is 16.1. The second-order valence-corrected chi connectivity index (χ2v) is 13.6. The smallest absolute Gasteiger partial charge is 0.253 e. The molecule has 3 aliphatic rings. The minimum absolute atomic E-state index is 0. The molecular formula is C37H56Cl2FN5O2. The van der Waals surface area contributed by atoms with Crippen molar-refractivity contribution in [3.05, 3.63) is 53.5 Å². The number of likely N-dealkylation sites (N-methyl/N-ethyl adjacent to an activating group) is 1. The van der Waals surface area contributed by atoms with Gasteiger partial charge in [0.15, 0.2) is 5.50 Å². The molecule has 1 aromatic rings. The summed E-state index contributed by atoms with van der Waals surface area (Å²) in [5, 5.41) is 5.90. The average Bonchev–Trinajstić information content (AvgIpc) is 3.55. The minimum Gasteiger partial charge on any atom is -0.342 e. The summed E-state index contributed by atoms with van der Waals surface area (Å²) in [7, 11) is 1.65. The van der Waals surface area contributed by atoms with Crippen molar-refractivity contribution in [3.63, 3.8) is 0 Å². The largest absolute Gasteiger partial charge is 0.342 e. The van der Waals surface area contributed by atoms with E-state index in [-0.39, 0.29) is 42.0 Å². The maximum atomic E-state index is 14.8. The highest BCUT2D eigenvalue weighted by Crippen LogP contribution is 2.33. The van der Waals surface area contributed by atoms with Crippen LogP contribution in [-0.2, 0) is 9.59 Å². The van der Waals surface area contributed by atoms with Crippen molar-refractivity contribution < 1.29 is 14.0 Å². The molecule has 1 aliphatic carbocycles. The molecule has 2 saturated heterocycles. The highest BCUT2D eigenvalue weighted by Gasteiger charge is 2.44. The number of rotatable bonds is 14. The van der Waals surface area contributed by atoms with Crippen LogP contribution in [0, 0.1) is 11.7 Å². The molecule has 1 saturated carbocycles. The van der Waals surface area contributed by atoms with Crippen molar-refractivity contribution in [2.75, 3.05) is 26.7 Å². The van der Waals surface area contributed by atoms with Crippen LogP contribution in [0.3, 0.4) is 0 Å². The SMILES string of the molecule is C/C=C(N=C(CCCC)C1CN2CCCC2CN1C(=O)C(NC(=O)[C@H](Cl)NC)C1CCCCC1)/C(=C\CCC)c1ccc(F)cc1.Cl. The molecule has 7 nitrogen and oxygen atoms in total. The van der Waals surface area contributed by atoms with Gasteiger partial charge in [-0.1, -0.05) is 81.8 Å². The predicted molar refractivity (Wildman–Crippen MR) is 195 cm³/mol. The van der Waals surface area contributed by atoms with Crippen molar-refractivity contribution in [2.45, 2.75) is 121 Å². The van der Waals surface area contributed by atoms with Gasteiger partial charge in [0.2, 0.25) is 5.91 Å². The standard InChI is InChI=1S/C37H55ClFN5O2.ClH/c1-5-8-17-30(26-19-21-28(39)22-20-26)31(7-3)41-32(18-9-6-2)33-25-43-23-13-16-29(43)24-44(33)37(46)34(27-14-11-10-12-15-27)42-36(45)35(38)40-4;/h7,17,19-22,27,29,33-35,40H,5-6,8-16,18,23-25H2,1-4H3,(H,42,45);1H/b30-17-,31-7-,41-32?;/t29?,33?,34?,35-;/m1./s1. The predicted octanol–water partition coefficient (Wildman–Crippen LogP) is 7.49. The number of piperazine rings is 1. The molecule has 10 heteroatoms. The minimum atomic E-state index is -0.903. The molecule has 4 atom stereocenters. The number of alkyl halides is 1. The number of benzene rings is 1. The highest BCUT2D eigenvalue weighted by atomic mass is 35.5. The van der Waals surface area contributed by atoms with Crippen LogP contribution in [0.2, 0.25) is 0 Å². The molecule has 2 amide bonds. The Kier molecular flexibility index (Phi) is 16.4. The first-order valence-corrected chi connectivity index (χ1v) is 18.1. The van der Waals surface area contributed by atoms with E-state index in [1.165, 1.54) is 12.1 Å². The van der Waals surface area contributed by atoms with Crippen molar-refractivity contribution in [3.8, 4) is 0 Å². The van der Waals surface area contributed by atoms with Gasteiger partial charge in [-0.15, -0.1) is 12.4 Å². The van der Waals surface area contributed by atoms with E-state index in [4.69, 9.17) is 16.6 Å². The number of hydrogen-bond donors (Lipinski definition) is 2. The number of hydrogen-bond acceptors (Lipinski definition) is 5. The summed E-state index contributed by atoms with van der Waals surface area (Å²) in [4.78, 5) is 37.9. The monoisotopic (exact) mass is 691 g/mol. The molecule has 3 fully saturated rings. The Bertz CT molecular complexity index is 1250. The number of carbonyl (C=O) groups is 2. The lowest BCUT2D eigenvalue weighted by Gasteiger charge is -2.46. The van der Waals surface area contributed by atoms with E-state index >= 15 is 0 Å². The van der Waals surface area contributed by atoms with Gasteiger partial charge >= 0.3 is 0 Å². The third-order valence-corrected chi connectivity index (χ3v) is 10.3. The lowest BCUT2D eigenvalue weighted by atomic mass is 9.82. The van der Waals surface area contributed by atoms with Gasteiger partial charge in [-0.25, -0.2) is 4.39 Å². The topological polar surface area (TPSA) is 77.0 Å². The Labute approximate surface area is 293 Å². The summed E-state index contributed by atoms with van der Waals surface area (Å²) in [6.45, 7) is 8.72. The number of halogens is 3. The van der Waals surface area contributed by atoms with Gasteiger partial charge in [-0.2, -0.15) is 0 Å². The molecule has 262 valence electrons. The van der Waals surface area contributed by atoms with Gasteiger partial charge in [0.25, 0.3) is 5.91 Å². The lowest BCUT2D eigenvalue weighted by Crippen LogP contribution is -2.65. The van der Waals surface area contributed by atoms with Crippen LogP contribution < -0.4 is 10.6 Å². The van der Waals surface area contributed by atoms with Crippen LogP contribution in [0.4, 0.5) is 4.39 Å². The van der Waals surface area contributed by atoms with E-state index in [0.29, 0.717) is 12.6 Å². The van der Waals surface area contributed by atoms with Crippen LogP contribution in [0.25, 0.3) is 5.57 Å². The van der Waals surface area contributed by atoms with Gasteiger partial charge in [-0.3, -0.25) is 24.8 Å². The molecular weight excluding hydrogens is 636 g/mol. The number of fused-ring (bicyclic) bond motifs is 1. The molecule has 0 spiro atoms. The fraction of sp³-hybridized carbons (Fsp3) is 0.649. The normalized spacial score (nSPS) is 22.8. The average molecular weight is 693 g/mol. The van der Waals surface area contributed by atoms with Crippen LogP contribution in [0.5, 0.6) is 0 Å². The number of nitrogens with zero attached hydrogens (tertiary/aromatic N) is 3. The van der Waals surface area contributed by atoms with E-state index < -0.39 is 11.5 Å². The van der Waals surface area contributed by atoms with Crippen LogP contribution in [-0.4, -0.2) is 77.6 Å². The number of unbranched alkanes of at least 4 members (excludes halogenated alkanes) is 2. The molecule has 4 rings (SSSR count). The third-order valence-electron chi connectivity index (χ3n) is 9.92. The Morgan fingerprint density at radius 2 is 1.79 bits per heavy atom. The molecule has 2 aliphatic heterocycles. The summed E-state index contributed by atoms with van der Waals surface area (Å²) in [5.41, 5.74) is 2.85. The molecule has 47 heavy (non-hydrogen) atoms. The quantitative estimate of drug-likeness (QED) is 0.0918. The van der Waals surface area contributed by atoms with Gasteiger partial charge in [-0.05, 0) is 89.1 Å². The van der Waals surface area contributed by atoms with Crippen molar-refractivity contribution in [2.24, 2.45) is 10.9 Å². The Morgan fingerprint density at radius 3 is 2.43 bits per heavy atom. The maximum absolute atomic E-state index is 14.8. The van der Waals surface area contributed by atoms with E-state index in [1.54, 1.807) is 7.05 Å². The number of allylic oxidation sites excluding steroid dienone is 3. The number of carbonyl (C=O) groups excluding carboxylic acids is 2. The van der Waals surface area contributed by atoms with Gasteiger partial charge in [0.1, 0.15) is 11.9 Å². The molecule has 2 heterocycles. The van der Waals surface area contributed by atoms with Crippen LogP contribution >= 0.6 is 24.0 Å². The fourth-order valence-corrected chi connectivity index (χ4v) is 7.37. The lowest BCUT2D eigenvalue weighted by molar-refractivity contribution is -0.142. The van der Waals surface area contributed by atoms with Gasteiger partial charge < -0.3 is 10.2 Å². The van der Waals surface area contributed by atoms with Crippen molar-refractivity contribution >= 4 is 47.1 Å². The summed E-state index contributed by atoms with van der Waals surface area (Å²) in [6, 6.07) is 6.12. The summed E-state index contributed by atoms with van der Waals surface area (Å²) in [5.74, 6) is -0.551.